The fourth-order valence-electron chi connectivity index (χ4n) is 4.10. The van der Waals surface area contributed by atoms with E-state index in [1.807, 2.05) is 60.7 Å². The minimum absolute atomic E-state index is 0.111. The Morgan fingerprint density at radius 1 is 1.08 bits per heavy atom. The van der Waals surface area contributed by atoms with E-state index in [1.165, 1.54) is 6.42 Å². The van der Waals surface area contributed by atoms with Crippen molar-refractivity contribution in [1.29, 1.82) is 0 Å². The first-order valence-corrected chi connectivity index (χ1v) is 9.64. The number of Topliss-reactive ketones (excluding diaryl/α,β-unsaturated/α-hetero) is 1. The normalized spacial score (nSPS) is 21.2. The molecule has 3 rings (SSSR count). The van der Waals surface area contributed by atoms with Gasteiger partial charge in [0.25, 0.3) is 0 Å². The number of aromatic nitrogens is 1. The van der Waals surface area contributed by atoms with E-state index < -0.39 is 5.41 Å². The van der Waals surface area contributed by atoms with Gasteiger partial charge in [-0.3, -0.25) is 9.59 Å². The van der Waals surface area contributed by atoms with Crippen molar-refractivity contribution in [2.24, 2.45) is 5.41 Å². The molecule has 1 fully saturated rings. The molecule has 2 aromatic rings. The second kappa shape index (κ2) is 6.90. The molecule has 0 radical (unpaired) electrons. The van der Waals surface area contributed by atoms with E-state index in [0.29, 0.717) is 5.56 Å². The van der Waals surface area contributed by atoms with Crippen molar-refractivity contribution in [1.82, 2.24) is 9.47 Å². The lowest BCUT2D eigenvalue weighted by molar-refractivity contribution is -0.137. The molecule has 1 aromatic heterocycles. The number of ketones is 1. The summed E-state index contributed by atoms with van der Waals surface area (Å²) in [7, 11) is 0. The van der Waals surface area contributed by atoms with Crippen LogP contribution in [-0.4, -0.2) is 33.2 Å². The molecule has 0 aliphatic carbocycles. The highest BCUT2D eigenvalue weighted by atomic mass is 16.2. The predicted octanol–water partition coefficient (Wildman–Crippen LogP) is 4.66. The molecule has 0 bridgehead atoms. The van der Waals surface area contributed by atoms with Gasteiger partial charge in [0.05, 0.1) is 0 Å². The number of carbonyl (C=O) groups is 2. The second-order valence-corrected chi connectivity index (χ2v) is 8.70. The summed E-state index contributed by atoms with van der Waals surface area (Å²) < 4.78 is 1.95. The van der Waals surface area contributed by atoms with Gasteiger partial charge < -0.3 is 9.47 Å². The van der Waals surface area contributed by atoms with Crippen LogP contribution in [0.1, 0.15) is 64.2 Å². The number of carbonyl (C=O) groups excluding carboxylic acids is 2. The molecule has 1 aliphatic heterocycles. The monoisotopic (exact) mass is 354 g/mol. The number of piperidine rings is 1. The summed E-state index contributed by atoms with van der Waals surface area (Å²) in [5.41, 5.74) is 1.21. The van der Waals surface area contributed by atoms with Crippen LogP contribution in [-0.2, 0) is 11.3 Å². The Morgan fingerprint density at radius 3 is 2.31 bits per heavy atom. The number of likely N-dealkylation sites (tertiary alicyclic amines) is 1. The van der Waals surface area contributed by atoms with Crippen LogP contribution in [0.5, 0.6) is 0 Å². The van der Waals surface area contributed by atoms with Gasteiger partial charge in [0.1, 0.15) is 6.54 Å². The molecular formula is C22H30N2O2. The van der Waals surface area contributed by atoms with Crippen molar-refractivity contribution in [2.75, 3.05) is 0 Å². The predicted molar refractivity (Wildman–Crippen MR) is 105 cm³/mol. The standard InChI is InChI=1S/C22H30N2O2/c1-15-9-8-10-16(2)24(15)20(25)14-23-13-18(21(26)22(3,4)5)17-11-6-7-12-19(17)23/h6-7,11-13,15-16H,8-10,14H2,1-5H3. The van der Waals surface area contributed by atoms with Crippen LogP contribution in [0.3, 0.4) is 0 Å². The van der Waals surface area contributed by atoms with Crippen molar-refractivity contribution in [3.63, 3.8) is 0 Å². The number of hydrogen-bond acceptors (Lipinski definition) is 2. The number of para-hydroxylation sites is 1. The van der Waals surface area contributed by atoms with Crippen molar-refractivity contribution in [2.45, 2.75) is 72.5 Å². The van der Waals surface area contributed by atoms with Crippen LogP contribution in [0.2, 0.25) is 0 Å². The summed E-state index contributed by atoms with van der Waals surface area (Å²) >= 11 is 0. The van der Waals surface area contributed by atoms with Gasteiger partial charge in [-0.05, 0) is 39.2 Å². The average Bonchev–Trinajstić information content (AvgIpc) is 2.92. The van der Waals surface area contributed by atoms with E-state index in [1.54, 1.807) is 0 Å². The lowest BCUT2D eigenvalue weighted by Gasteiger charge is -2.39. The summed E-state index contributed by atoms with van der Waals surface area (Å²) in [6, 6.07) is 8.43. The fraction of sp³-hybridized carbons (Fsp3) is 0.545. The highest BCUT2D eigenvalue weighted by Crippen LogP contribution is 2.29. The van der Waals surface area contributed by atoms with Gasteiger partial charge in [0.2, 0.25) is 5.91 Å². The van der Waals surface area contributed by atoms with E-state index in [-0.39, 0.29) is 30.3 Å². The van der Waals surface area contributed by atoms with Crippen LogP contribution < -0.4 is 0 Å². The van der Waals surface area contributed by atoms with Crippen LogP contribution in [0, 0.1) is 5.41 Å². The Kier molecular flexibility index (Phi) is 4.96. The smallest absolute Gasteiger partial charge is 0.242 e. The zero-order valence-corrected chi connectivity index (χ0v) is 16.6. The molecule has 1 aromatic carbocycles. The zero-order valence-electron chi connectivity index (χ0n) is 16.6. The summed E-state index contributed by atoms with van der Waals surface area (Å²) in [6.07, 6.45) is 5.19. The van der Waals surface area contributed by atoms with Crippen LogP contribution >= 0.6 is 0 Å². The van der Waals surface area contributed by atoms with Gasteiger partial charge in [-0.2, -0.15) is 0 Å². The largest absolute Gasteiger partial charge is 0.337 e. The molecule has 1 saturated heterocycles. The molecule has 4 heteroatoms. The maximum absolute atomic E-state index is 13.0. The van der Waals surface area contributed by atoms with E-state index in [4.69, 9.17) is 0 Å². The molecular weight excluding hydrogens is 324 g/mol. The summed E-state index contributed by atoms with van der Waals surface area (Å²) in [5, 5.41) is 0.931. The molecule has 0 spiro atoms. The van der Waals surface area contributed by atoms with Crippen LogP contribution in [0.4, 0.5) is 0 Å². The lowest BCUT2D eigenvalue weighted by Crippen LogP contribution is -2.48. The Morgan fingerprint density at radius 2 is 1.69 bits per heavy atom. The van der Waals surface area contributed by atoms with Gasteiger partial charge in [0, 0.05) is 40.2 Å². The van der Waals surface area contributed by atoms with E-state index in [0.717, 1.165) is 23.7 Å². The third kappa shape index (κ3) is 3.42. The zero-order chi connectivity index (χ0) is 19.1. The summed E-state index contributed by atoms with van der Waals surface area (Å²) in [6.45, 7) is 10.4. The highest BCUT2D eigenvalue weighted by molar-refractivity contribution is 6.10. The van der Waals surface area contributed by atoms with Gasteiger partial charge in [-0.25, -0.2) is 0 Å². The second-order valence-electron chi connectivity index (χ2n) is 8.70. The topological polar surface area (TPSA) is 42.3 Å². The quantitative estimate of drug-likeness (QED) is 0.752. The van der Waals surface area contributed by atoms with E-state index >= 15 is 0 Å². The first-order chi connectivity index (χ1) is 12.2. The van der Waals surface area contributed by atoms with E-state index in [9.17, 15) is 9.59 Å². The molecule has 0 N–H and O–H groups in total. The Balaban J connectivity index is 1.96. The molecule has 2 unspecified atom stereocenters. The Bertz CT molecular complexity index is 818. The maximum Gasteiger partial charge on any atom is 0.242 e. The minimum atomic E-state index is -0.450. The maximum atomic E-state index is 13.0. The van der Waals surface area contributed by atoms with Crippen molar-refractivity contribution < 1.29 is 9.59 Å². The van der Waals surface area contributed by atoms with Gasteiger partial charge in [-0.15, -0.1) is 0 Å². The van der Waals surface area contributed by atoms with Gasteiger partial charge in [0.15, 0.2) is 5.78 Å². The first kappa shape index (κ1) is 18.7. The first-order valence-electron chi connectivity index (χ1n) is 9.64. The Hall–Kier alpha value is -2.10. The molecule has 1 amide bonds. The van der Waals surface area contributed by atoms with Crippen LogP contribution in [0.15, 0.2) is 30.5 Å². The lowest BCUT2D eigenvalue weighted by atomic mass is 9.86. The fourth-order valence-corrected chi connectivity index (χ4v) is 4.10. The molecule has 2 atom stereocenters. The molecule has 0 saturated carbocycles. The third-order valence-electron chi connectivity index (χ3n) is 5.50. The van der Waals surface area contributed by atoms with Crippen molar-refractivity contribution >= 4 is 22.6 Å². The van der Waals surface area contributed by atoms with E-state index in [2.05, 4.69) is 13.8 Å². The number of rotatable bonds is 3. The van der Waals surface area contributed by atoms with Crippen molar-refractivity contribution in [3.8, 4) is 0 Å². The number of hydrogen-bond donors (Lipinski definition) is 0. The molecule has 1 aliphatic rings. The molecule has 4 nitrogen and oxygen atoms in total. The van der Waals surface area contributed by atoms with Gasteiger partial charge >= 0.3 is 0 Å². The Labute approximate surface area is 156 Å². The van der Waals surface area contributed by atoms with Gasteiger partial charge in [-0.1, -0.05) is 39.0 Å². The highest BCUT2D eigenvalue weighted by Gasteiger charge is 2.30. The molecule has 2 heterocycles. The number of fused-ring (bicyclic) bond motifs is 1. The summed E-state index contributed by atoms with van der Waals surface area (Å²) in [5.74, 6) is 0.250. The number of nitrogens with zero attached hydrogens (tertiary/aromatic N) is 2. The number of benzene rings is 1. The molecule has 140 valence electrons. The third-order valence-corrected chi connectivity index (χ3v) is 5.50. The average molecular weight is 354 g/mol. The SMILES string of the molecule is CC1CCCC(C)N1C(=O)Cn1cc(C(=O)C(C)(C)C)c2ccccc21. The number of amides is 1. The molecule has 26 heavy (non-hydrogen) atoms. The van der Waals surface area contributed by atoms with Crippen molar-refractivity contribution in [3.05, 3.63) is 36.0 Å². The van der Waals surface area contributed by atoms with Crippen LogP contribution in [0.25, 0.3) is 10.9 Å². The summed E-state index contributed by atoms with van der Waals surface area (Å²) in [4.78, 5) is 27.9. The minimum Gasteiger partial charge on any atom is -0.337 e.